The summed E-state index contributed by atoms with van der Waals surface area (Å²) in [4.78, 5) is 23.3. The van der Waals surface area contributed by atoms with Gasteiger partial charge in [-0.1, -0.05) is 5.16 Å². The second kappa shape index (κ2) is 7.03. The molecule has 7 heteroatoms. The molecule has 27 heavy (non-hydrogen) atoms. The zero-order valence-corrected chi connectivity index (χ0v) is 15.3. The van der Waals surface area contributed by atoms with Gasteiger partial charge in [0.2, 0.25) is 5.91 Å². The minimum absolute atomic E-state index is 0.263. The number of rotatable bonds is 5. The molecule has 2 aliphatic heterocycles. The van der Waals surface area contributed by atoms with Crippen LogP contribution >= 0.6 is 0 Å². The van der Waals surface area contributed by atoms with Crippen molar-refractivity contribution in [3.8, 4) is 11.5 Å². The Morgan fingerprint density at radius 3 is 2.70 bits per heavy atom. The van der Waals surface area contributed by atoms with Crippen molar-refractivity contribution < 1.29 is 14.1 Å². The first-order valence-corrected chi connectivity index (χ1v) is 9.91. The molecule has 2 aromatic heterocycles. The Morgan fingerprint density at radius 2 is 2.00 bits per heavy atom. The van der Waals surface area contributed by atoms with Crippen LogP contribution in [0.5, 0.6) is 0 Å². The second-order valence-corrected chi connectivity index (χ2v) is 7.98. The number of carbonyl (C=O) groups excluding carboxylic acids is 1. The Bertz CT molecular complexity index is 820. The number of hydrogen-bond acceptors (Lipinski definition) is 6. The molecule has 0 atom stereocenters. The first-order valence-electron chi connectivity index (χ1n) is 9.91. The van der Waals surface area contributed by atoms with Crippen LogP contribution in [0.1, 0.15) is 43.1 Å². The van der Waals surface area contributed by atoms with Gasteiger partial charge in [0.1, 0.15) is 0 Å². The van der Waals surface area contributed by atoms with Crippen LogP contribution in [0, 0.1) is 11.8 Å². The molecule has 2 aromatic rings. The fourth-order valence-electron chi connectivity index (χ4n) is 3.89. The van der Waals surface area contributed by atoms with Crippen molar-refractivity contribution in [2.75, 3.05) is 26.3 Å². The fraction of sp³-hybridized carbons (Fsp3) is 0.600. The Kier molecular flexibility index (Phi) is 4.39. The number of ether oxygens (including phenoxy) is 1. The minimum Gasteiger partial charge on any atom is -0.381 e. The maximum atomic E-state index is 12.2. The molecule has 142 valence electrons. The molecule has 1 amide bonds. The molecule has 4 heterocycles. The van der Waals surface area contributed by atoms with Crippen molar-refractivity contribution in [1.82, 2.24) is 20.0 Å². The van der Waals surface area contributed by atoms with Crippen LogP contribution in [-0.4, -0.2) is 52.2 Å². The Balaban J connectivity index is 1.23. The van der Waals surface area contributed by atoms with Crippen LogP contribution in [0.15, 0.2) is 22.9 Å². The molecule has 0 aromatic carbocycles. The van der Waals surface area contributed by atoms with Gasteiger partial charge in [0.15, 0.2) is 5.82 Å². The Labute approximate surface area is 158 Å². The SMILES string of the molecule is O=C(C1CC1)N1CCC(c2noc(-c3ccnc(CC4COC4)c3)n2)CC1. The molecule has 5 rings (SSSR count). The zero-order chi connectivity index (χ0) is 18.2. The number of hydrogen-bond donors (Lipinski definition) is 0. The van der Waals surface area contributed by atoms with E-state index in [0.717, 1.165) is 75.5 Å². The van der Waals surface area contributed by atoms with E-state index >= 15 is 0 Å². The molecule has 7 nitrogen and oxygen atoms in total. The van der Waals surface area contributed by atoms with E-state index in [1.807, 2.05) is 17.0 Å². The van der Waals surface area contributed by atoms with Crippen LogP contribution < -0.4 is 0 Å². The molecule has 1 aliphatic carbocycles. The van der Waals surface area contributed by atoms with Crippen LogP contribution in [-0.2, 0) is 16.0 Å². The number of amides is 1. The fourth-order valence-corrected chi connectivity index (χ4v) is 3.89. The van der Waals surface area contributed by atoms with Gasteiger partial charge >= 0.3 is 0 Å². The second-order valence-electron chi connectivity index (χ2n) is 7.98. The van der Waals surface area contributed by atoms with Gasteiger partial charge in [0.05, 0.1) is 13.2 Å². The molecule has 2 saturated heterocycles. The van der Waals surface area contributed by atoms with Gasteiger partial charge in [-0.15, -0.1) is 0 Å². The average molecular weight is 368 g/mol. The lowest BCUT2D eigenvalue weighted by Gasteiger charge is -2.30. The number of piperidine rings is 1. The lowest BCUT2D eigenvalue weighted by atomic mass is 9.96. The van der Waals surface area contributed by atoms with Crippen LogP contribution in [0.4, 0.5) is 0 Å². The number of carbonyl (C=O) groups is 1. The molecule has 0 spiro atoms. The molecular weight excluding hydrogens is 344 g/mol. The van der Waals surface area contributed by atoms with Gasteiger partial charge in [0.25, 0.3) is 5.89 Å². The van der Waals surface area contributed by atoms with Gasteiger partial charge < -0.3 is 14.2 Å². The van der Waals surface area contributed by atoms with Crippen molar-refractivity contribution in [3.05, 3.63) is 29.8 Å². The highest BCUT2D eigenvalue weighted by atomic mass is 16.5. The lowest BCUT2D eigenvalue weighted by molar-refractivity contribution is -0.133. The molecule has 0 N–H and O–H groups in total. The maximum absolute atomic E-state index is 12.2. The highest BCUT2D eigenvalue weighted by molar-refractivity contribution is 5.81. The van der Waals surface area contributed by atoms with Crippen molar-refractivity contribution in [1.29, 1.82) is 0 Å². The summed E-state index contributed by atoms with van der Waals surface area (Å²) in [6, 6.07) is 3.95. The normalized spacial score (nSPS) is 21.3. The van der Waals surface area contributed by atoms with Crippen LogP contribution in [0.3, 0.4) is 0 Å². The van der Waals surface area contributed by atoms with Gasteiger partial charge in [-0.25, -0.2) is 0 Å². The largest absolute Gasteiger partial charge is 0.381 e. The number of pyridine rings is 1. The Morgan fingerprint density at radius 1 is 1.19 bits per heavy atom. The highest BCUT2D eigenvalue weighted by Crippen LogP contribution is 2.34. The van der Waals surface area contributed by atoms with E-state index < -0.39 is 0 Å². The third kappa shape index (κ3) is 3.60. The standard InChI is InChI=1S/C20H24N4O3/c25-20(15-1-2-15)24-7-4-14(5-8-24)18-22-19(27-23-18)16-3-6-21-17(10-16)9-13-11-26-12-13/h3,6,10,13-15H,1-2,4-5,7-9,11-12H2. The quantitative estimate of drug-likeness (QED) is 0.806. The summed E-state index contributed by atoms with van der Waals surface area (Å²) < 4.78 is 10.8. The van der Waals surface area contributed by atoms with Crippen molar-refractivity contribution >= 4 is 5.91 Å². The zero-order valence-electron chi connectivity index (χ0n) is 15.3. The predicted octanol–water partition coefficient (Wildman–Crippen LogP) is 2.44. The van der Waals surface area contributed by atoms with E-state index in [-0.39, 0.29) is 5.92 Å². The van der Waals surface area contributed by atoms with Gasteiger partial charge in [-0.05, 0) is 44.2 Å². The molecule has 0 radical (unpaired) electrons. The molecule has 3 aliphatic rings. The van der Waals surface area contributed by atoms with E-state index in [4.69, 9.17) is 9.26 Å². The minimum atomic E-state index is 0.263. The Hall–Kier alpha value is -2.28. The van der Waals surface area contributed by atoms with Crippen molar-refractivity contribution in [2.24, 2.45) is 11.8 Å². The van der Waals surface area contributed by atoms with E-state index in [1.54, 1.807) is 6.20 Å². The summed E-state index contributed by atoms with van der Waals surface area (Å²) >= 11 is 0. The summed E-state index contributed by atoms with van der Waals surface area (Å²) in [7, 11) is 0. The first kappa shape index (κ1) is 16.9. The molecular formula is C20H24N4O3. The summed E-state index contributed by atoms with van der Waals surface area (Å²) in [6.45, 7) is 3.23. The third-order valence-corrected chi connectivity index (χ3v) is 5.81. The van der Waals surface area contributed by atoms with Crippen LogP contribution in [0.2, 0.25) is 0 Å². The van der Waals surface area contributed by atoms with Crippen LogP contribution in [0.25, 0.3) is 11.5 Å². The van der Waals surface area contributed by atoms with E-state index in [9.17, 15) is 4.79 Å². The molecule has 0 bridgehead atoms. The third-order valence-electron chi connectivity index (χ3n) is 5.81. The predicted molar refractivity (Wildman–Crippen MR) is 96.8 cm³/mol. The summed E-state index contributed by atoms with van der Waals surface area (Å²) in [6.07, 6.45) is 6.66. The van der Waals surface area contributed by atoms with Crippen molar-refractivity contribution in [3.63, 3.8) is 0 Å². The first-order chi connectivity index (χ1) is 13.3. The summed E-state index contributed by atoms with van der Waals surface area (Å²) in [5, 5.41) is 4.22. The number of aromatic nitrogens is 3. The highest BCUT2D eigenvalue weighted by Gasteiger charge is 2.35. The monoisotopic (exact) mass is 368 g/mol. The molecule has 1 saturated carbocycles. The number of nitrogens with zero attached hydrogens (tertiary/aromatic N) is 4. The van der Waals surface area contributed by atoms with E-state index in [2.05, 4.69) is 15.1 Å². The smallest absolute Gasteiger partial charge is 0.258 e. The lowest BCUT2D eigenvalue weighted by Crippen LogP contribution is -2.38. The van der Waals surface area contributed by atoms with Gasteiger partial charge in [0, 0.05) is 48.3 Å². The van der Waals surface area contributed by atoms with E-state index in [1.165, 1.54) is 0 Å². The van der Waals surface area contributed by atoms with Gasteiger partial charge in [-0.2, -0.15) is 4.98 Å². The van der Waals surface area contributed by atoms with E-state index in [0.29, 0.717) is 23.6 Å². The molecule has 0 unspecified atom stereocenters. The maximum Gasteiger partial charge on any atom is 0.258 e. The van der Waals surface area contributed by atoms with Crippen molar-refractivity contribution in [2.45, 2.75) is 38.0 Å². The number of likely N-dealkylation sites (tertiary alicyclic amines) is 1. The van der Waals surface area contributed by atoms with Gasteiger partial charge in [-0.3, -0.25) is 9.78 Å². The molecule has 3 fully saturated rings. The topological polar surface area (TPSA) is 81.4 Å². The summed E-state index contributed by atoms with van der Waals surface area (Å²) in [5.41, 5.74) is 1.95. The summed E-state index contributed by atoms with van der Waals surface area (Å²) in [5.74, 6) is 2.77. The average Bonchev–Trinajstić information content (AvgIpc) is 3.41.